The second-order valence-corrected chi connectivity index (χ2v) is 3.64. The fourth-order valence-corrected chi connectivity index (χ4v) is 1.52. The quantitative estimate of drug-likeness (QED) is 0.477. The smallest absolute Gasteiger partial charge is 0.390 e. The summed E-state index contributed by atoms with van der Waals surface area (Å²) < 4.78 is 6.23. The van der Waals surface area contributed by atoms with E-state index in [1.54, 1.807) is 31.2 Å². The van der Waals surface area contributed by atoms with E-state index < -0.39 is 10.9 Å². The zero-order valence-electron chi connectivity index (χ0n) is 10.1. The Morgan fingerprint density at radius 2 is 2.05 bits per heavy atom. The van der Waals surface area contributed by atoms with Crippen LogP contribution in [0.15, 0.2) is 36.5 Å². The number of hydrogen-bond acceptors (Lipinski definition) is 5. The molecule has 0 aliphatic heterocycles. The number of carbonyl (C=O) groups is 1. The van der Waals surface area contributed by atoms with Crippen molar-refractivity contribution < 1.29 is 14.5 Å². The van der Waals surface area contributed by atoms with Crippen molar-refractivity contribution in [3.63, 3.8) is 0 Å². The third-order valence-corrected chi connectivity index (χ3v) is 2.41. The Balaban J connectivity index is 2.22. The molecular weight excluding hydrogens is 250 g/mol. The van der Waals surface area contributed by atoms with Crippen molar-refractivity contribution in [2.45, 2.75) is 6.92 Å². The predicted molar refractivity (Wildman–Crippen MR) is 66.2 cm³/mol. The van der Waals surface area contributed by atoms with Crippen LogP contribution in [-0.2, 0) is 4.74 Å². The molecule has 0 spiro atoms. The van der Waals surface area contributed by atoms with Gasteiger partial charge in [0.05, 0.1) is 35.2 Å². The third kappa shape index (κ3) is 2.76. The van der Waals surface area contributed by atoms with Gasteiger partial charge in [0, 0.05) is 0 Å². The number of nitro groups is 1. The summed E-state index contributed by atoms with van der Waals surface area (Å²) in [6.07, 6.45) is 1.48. The molecule has 0 radical (unpaired) electrons. The van der Waals surface area contributed by atoms with Crippen LogP contribution in [0.4, 0.5) is 5.82 Å². The molecule has 7 heteroatoms. The lowest BCUT2D eigenvalue weighted by atomic mass is 10.2. The Hall–Kier alpha value is -2.70. The molecule has 0 fully saturated rings. The lowest BCUT2D eigenvalue weighted by molar-refractivity contribution is -0.389. The first-order chi connectivity index (χ1) is 9.11. The van der Waals surface area contributed by atoms with E-state index in [-0.39, 0.29) is 5.82 Å². The van der Waals surface area contributed by atoms with Gasteiger partial charge in [-0.15, -0.1) is 4.68 Å². The van der Waals surface area contributed by atoms with Gasteiger partial charge in [0.15, 0.2) is 0 Å². The van der Waals surface area contributed by atoms with Gasteiger partial charge in [-0.05, 0) is 36.1 Å². The summed E-state index contributed by atoms with van der Waals surface area (Å²) in [5, 5.41) is 14.3. The standard InChI is InChI=1S/C12H11N3O4/c1-2-19-12(16)9-3-5-10(6-4-9)14-8-7-11(13-14)15(17)18/h3-8H,2H2,1H3. The van der Waals surface area contributed by atoms with E-state index in [1.807, 2.05) is 0 Å². The fourth-order valence-electron chi connectivity index (χ4n) is 1.52. The first kappa shape index (κ1) is 12.7. The Labute approximate surface area is 108 Å². The largest absolute Gasteiger partial charge is 0.462 e. The van der Waals surface area contributed by atoms with E-state index in [0.29, 0.717) is 17.9 Å². The summed E-state index contributed by atoms with van der Waals surface area (Å²) in [5.74, 6) is -0.630. The van der Waals surface area contributed by atoms with Crippen LogP contribution in [0, 0.1) is 10.1 Å². The van der Waals surface area contributed by atoms with Crippen molar-refractivity contribution in [1.82, 2.24) is 9.78 Å². The Bertz CT molecular complexity index is 604. The van der Waals surface area contributed by atoms with Crippen LogP contribution in [0.25, 0.3) is 5.69 Å². The van der Waals surface area contributed by atoms with Gasteiger partial charge < -0.3 is 14.9 Å². The number of benzene rings is 1. The Kier molecular flexibility index (Phi) is 3.56. The minimum absolute atomic E-state index is 0.227. The normalized spacial score (nSPS) is 10.2. The number of hydrogen-bond donors (Lipinski definition) is 0. The zero-order valence-corrected chi connectivity index (χ0v) is 10.1. The van der Waals surface area contributed by atoms with Gasteiger partial charge in [-0.1, -0.05) is 0 Å². The zero-order chi connectivity index (χ0) is 13.8. The summed E-state index contributed by atoms with van der Waals surface area (Å²) in [6, 6.07) is 7.76. The number of nitrogens with zero attached hydrogens (tertiary/aromatic N) is 3. The highest BCUT2D eigenvalue weighted by Gasteiger charge is 2.12. The molecule has 1 heterocycles. The molecule has 2 aromatic rings. The first-order valence-corrected chi connectivity index (χ1v) is 5.59. The van der Waals surface area contributed by atoms with E-state index in [0.717, 1.165) is 0 Å². The van der Waals surface area contributed by atoms with E-state index in [2.05, 4.69) is 5.10 Å². The predicted octanol–water partition coefficient (Wildman–Crippen LogP) is 1.96. The molecule has 0 aliphatic rings. The van der Waals surface area contributed by atoms with Crippen LogP contribution in [0.3, 0.4) is 0 Å². The molecule has 0 saturated heterocycles. The minimum Gasteiger partial charge on any atom is -0.462 e. The highest BCUT2D eigenvalue weighted by molar-refractivity contribution is 5.89. The summed E-state index contributed by atoms with van der Waals surface area (Å²) >= 11 is 0. The maximum absolute atomic E-state index is 11.5. The van der Waals surface area contributed by atoms with Crippen LogP contribution >= 0.6 is 0 Å². The van der Waals surface area contributed by atoms with E-state index in [9.17, 15) is 14.9 Å². The maximum atomic E-state index is 11.5. The maximum Gasteiger partial charge on any atom is 0.390 e. The SMILES string of the molecule is CCOC(=O)c1ccc(-n2ccc([N+](=O)[O-])n2)cc1. The van der Waals surface area contributed by atoms with Crippen molar-refractivity contribution in [3.05, 3.63) is 52.2 Å². The molecule has 0 amide bonds. The molecule has 1 aromatic carbocycles. The van der Waals surface area contributed by atoms with E-state index in [1.165, 1.54) is 16.9 Å². The second-order valence-electron chi connectivity index (χ2n) is 3.64. The molecule has 0 aliphatic carbocycles. The molecular formula is C12H11N3O4. The average molecular weight is 261 g/mol. The average Bonchev–Trinajstić information content (AvgIpc) is 2.89. The van der Waals surface area contributed by atoms with Crippen molar-refractivity contribution in [3.8, 4) is 5.69 Å². The van der Waals surface area contributed by atoms with Crippen molar-refractivity contribution in [2.24, 2.45) is 0 Å². The molecule has 98 valence electrons. The van der Waals surface area contributed by atoms with Crippen LogP contribution in [-0.4, -0.2) is 27.3 Å². The van der Waals surface area contributed by atoms with Gasteiger partial charge in [-0.2, -0.15) is 0 Å². The van der Waals surface area contributed by atoms with Gasteiger partial charge in [0.2, 0.25) is 0 Å². The first-order valence-electron chi connectivity index (χ1n) is 5.59. The van der Waals surface area contributed by atoms with Gasteiger partial charge in [0.1, 0.15) is 0 Å². The minimum atomic E-state index is -0.566. The molecule has 0 N–H and O–H groups in total. The van der Waals surface area contributed by atoms with Crippen LogP contribution in [0.1, 0.15) is 17.3 Å². The Morgan fingerprint density at radius 1 is 1.37 bits per heavy atom. The summed E-state index contributed by atoms with van der Waals surface area (Å²) in [6.45, 7) is 2.04. The number of aromatic nitrogens is 2. The molecule has 1 aromatic heterocycles. The summed E-state index contributed by atoms with van der Waals surface area (Å²) in [4.78, 5) is 21.4. The lowest BCUT2D eigenvalue weighted by Crippen LogP contribution is -2.05. The summed E-state index contributed by atoms with van der Waals surface area (Å²) in [7, 11) is 0. The highest BCUT2D eigenvalue weighted by Crippen LogP contribution is 2.13. The number of rotatable bonds is 4. The van der Waals surface area contributed by atoms with Gasteiger partial charge in [0.25, 0.3) is 0 Å². The molecule has 0 saturated carbocycles. The lowest BCUT2D eigenvalue weighted by Gasteiger charge is -2.02. The summed E-state index contributed by atoms with van der Waals surface area (Å²) in [5.41, 5.74) is 1.05. The van der Waals surface area contributed by atoms with Crippen LogP contribution < -0.4 is 0 Å². The molecule has 0 bridgehead atoms. The van der Waals surface area contributed by atoms with Gasteiger partial charge in [-0.25, -0.2) is 4.79 Å². The number of carbonyl (C=O) groups excluding carboxylic acids is 1. The molecule has 0 atom stereocenters. The molecule has 7 nitrogen and oxygen atoms in total. The molecule has 2 rings (SSSR count). The monoisotopic (exact) mass is 261 g/mol. The molecule has 0 unspecified atom stereocenters. The highest BCUT2D eigenvalue weighted by atomic mass is 16.6. The topological polar surface area (TPSA) is 87.3 Å². The van der Waals surface area contributed by atoms with Crippen molar-refractivity contribution in [2.75, 3.05) is 6.61 Å². The van der Waals surface area contributed by atoms with E-state index in [4.69, 9.17) is 4.74 Å². The fraction of sp³-hybridized carbons (Fsp3) is 0.167. The second kappa shape index (κ2) is 5.30. The van der Waals surface area contributed by atoms with Crippen molar-refractivity contribution >= 4 is 11.8 Å². The van der Waals surface area contributed by atoms with Crippen LogP contribution in [0.2, 0.25) is 0 Å². The third-order valence-electron chi connectivity index (χ3n) is 2.41. The Morgan fingerprint density at radius 3 is 2.58 bits per heavy atom. The van der Waals surface area contributed by atoms with Gasteiger partial charge >= 0.3 is 11.8 Å². The number of esters is 1. The number of ether oxygens (including phenoxy) is 1. The van der Waals surface area contributed by atoms with Crippen molar-refractivity contribution in [1.29, 1.82) is 0 Å². The molecule has 19 heavy (non-hydrogen) atoms. The van der Waals surface area contributed by atoms with Gasteiger partial charge in [-0.3, -0.25) is 0 Å². The van der Waals surface area contributed by atoms with Crippen LogP contribution in [0.5, 0.6) is 0 Å². The van der Waals surface area contributed by atoms with E-state index >= 15 is 0 Å².